The van der Waals surface area contributed by atoms with Crippen molar-refractivity contribution in [3.8, 4) is 0 Å². The van der Waals surface area contributed by atoms with Gasteiger partial charge in [-0.3, -0.25) is 9.52 Å². The molecule has 1 aliphatic rings. The molecule has 2 N–H and O–H groups in total. The van der Waals surface area contributed by atoms with Crippen LogP contribution in [-0.4, -0.2) is 14.3 Å². The second-order valence-corrected chi connectivity index (χ2v) is 9.61. The third-order valence-electron chi connectivity index (χ3n) is 5.81. The topological polar surface area (TPSA) is 75.3 Å². The molecule has 3 aromatic rings. The quantitative estimate of drug-likeness (QED) is 0.552. The van der Waals surface area contributed by atoms with E-state index in [-0.39, 0.29) is 10.8 Å². The van der Waals surface area contributed by atoms with E-state index in [9.17, 15) is 13.2 Å². The molecule has 1 aliphatic carbocycles. The Morgan fingerprint density at radius 1 is 0.871 bits per heavy atom. The summed E-state index contributed by atoms with van der Waals surface area (Å²) in [5.74, 6) is 0.0145. The van der Waals surface area contributed by atoms with Crippen LogP contribution in [0, 0.1) is 0 Å². The minimum atomic E-state index is -3.66. The van der Waals surface area contributed by atoms with Crippen LogP contribution in [0.1, 0.15) is 36.5 Å². The van der Waals surface area contributed by atoms with E-state index in [1.165, 1.54) is 0 Å². The molecule has 0 aromatic heterocycles. The monoisotopic (exact) mass is 434 g/mol. The molecular formula is C25H26N2O3S. The van der Waals surface area contributed by atoms with E-state index in [4.69, 9.17) is 0 Å². The van der Waals surface area contributed by atoms with Gasteiger partial charge in [-0.05, 0) is 60.2 Å². The lowest BCUT2D eigenvalue weighted by atomic mass is 9.94. The molecule has 0 radical (unpaired) electrons. The van der Waals surface area contributed by atoms with Gasteiger partial charge < -0.3 is 5.32 Å². The van der Waals surface area contributed by atoms with Crippen LogP contribution in [0.2, 0.25) is 0 Å². The summed E-state index contributed by atoms with van der Waals surface area (Å²) in [6.07, 6.45) is 2.45. The first-order chi connectivity index (χ1) is 14.9. The van der Waals surface area contributed by atoms with E-state index < -0.39 is 15.4 Å². The average molecular weight is 435 g/mol. The first kappa shape index (κ1) is 21.1. The molecule has 160 valence electrons. The van der Waals surface area contributed by atoms with Crippen molar-refractivity contribution < 1.29 is 13.2 Å². The maximum atomic E-state index is 12.8. The van der Waals surface area contributed by atoms with Crippen LogP contribution >= 0.6 is 0 Å². The standard InChI is InChI=1S/C25H26N2O3S/c1-2-19-8-14-23(15-9-19)31(29,30)27-22-12-10-21(11-13-22)25(16-17-25)24(28)26-18-20-6-4-3-5-7-20/h3-15,27H,2,16-18H2,1H3,(H,26,28). The minimum absolute atomic E-state index is 0.0145. The lowest BCUT2D eigenvalue weighted by molar-refractivity contribution is -0.123. The highest BCUT2D eigenvalue weighted by atomic mass is 32.2. The van der Waals surface area contributed by atoms with E-state index in [0.29, 0.717) is 12.2 Å². The van der Waals surface area contributed by atoms with Gasteiger partial charge in [0, 0.05) is 12.2 Å². The zero-order valence-electron chi connectivity index (χ0n) is 17.5. The third-order valence-corrected chi connectivity index (χ3v) is 7.21. The maximum Gasteiger partial charge on any atom is 0.261 e. The Hall–Kier alpha value is -3.12. The molecule has 0 atom stereocenters. The van der Waals surface area contributed by atoms with E-state index in [1.807, 2.05) is 61.5 Å². The molecule has 0 bridgehead atoms. The van der Waals surface area contributed by atoms with Crippen molar-refractivity contribution in [2.45, 2.75) is 43.0 Å². The van der Waals surface area contributed by atoms with Crippen molar-refractivity contribution in [2.24, 2.45) is 0 Å². The van der Waals surface area contributed by atoms with Crippen LogP contribution in [0.25, 0.3) is 0 Å². The van der Waals surface area contributed by atoms with E-state index >= 15 is 0 Å². The van der Waals surface area contributed by atoms with E-state index in [0.717, 1.165) is 36.0 Å². The van der Waals surface area contributed by atoms with Crippen molar-refractivity contribution in [3.05, 3.63) is 95.6 Å². The Bertz CT molecular complexity index is 1150. The number of hydrogen-bond acceptors (Lipinski definition) is 3. The van der Waals surface area contributed by atoms with Gasteiger partial charge in [-0.25, -0.2) is 8.42 Å². The van der Waals surface area contributed by atoms with Crippen LogP contribution in [0.3, 0.4) is 0 Å². The zero-order chi connectivity index (χ0) is 21.9. The number of carbonyl (C=O) groups is 1. The summed E-state index contributed by atoms with van der Waals surface area (Å²) in [7, 11) is -3.66. The van der Waals surface area contributed by atoms with Crippen molar-refractivity contribution >= 4 is 21.6 Å². The molecule has 0 unspecified atom stereocenters. The molecular weight excluding hydrogens is 408 g/mol. The summed E-state index contributed by atoms with van der Waals surface area (Å²) >= 11 is 0. The highest BCUT2D eigenvalue weighted by Crippen LogP contribution is 2.48. The predicted octanol–water partition coefficient (Wildman–Crippen LogP) is 4.40. The number of sulfonamides is 1. The van der Waals surface area contributed by atoms with Gasteiger partial charge in [0.25, 0.3) is 10.0 Å². The predicted molar refractivity (Wildman–Crippen MR) is 122 cm³/mol. The Labute approximate surface area is 183 Å². The SMILES string of the molecule is CCc1ccc(S(=O)(=O)Nc2ccc(C3(C(=O)NCc4ccccc4)CC3)cc2)cc1. The van der Waals surface area contributed by atoms with E-state index in [2.05, 4.69) is 10.0 Å². The number of anilines is 1. The fourth-order valence-corrected chi connectivity index (χ4v) is 4.75. The first-order valence-electron chi connectivity index (χ1n) is 10.5. The summed E-state index contributed by atoms with van der Waals surface area (Å²) in [5.41, 5.74) is 3.02. The first-order valence-corrected chi connectivity index (χ1v) is 12.0. The molecule has 1 fully saturated rings. The van der Waals surface area contributed by atoms with Crippen molar-refractivity contribution in [1.82, 2.24) is 5.32 Å². The lowest BCUT2D eigenvalue weighted by Gasteiger charge is -2.17. The van der Waals surface area contributed by atoms with Gasteiger partial charge in [0.15, 0.2) is 0 Å². The molecule has 0 spiro atoms. The van der Waals surface area contributed by atoms with Crippen molar-refractivity contribution in [1.29, 1.82) is 0 Å². The fraction of sp³-hybridized carbons (Fsp3) is 0.240. The molecule has 6 heteroatoms. The van der Waals surface area contributed by atoms with E-state index in [1.54, 1.807) is 24.3 Å². The smallest absolute Gasteiger partial charge is 0.261 e. The number of aryl methyl sites for hydroxylation is 1. The fourth-order valence-electron chi connectivity index (χ4n) is 3.69. The lowest BCUT2D eigenvalue weighted by Crippen LogP contribution is -2.34. The van der Waals surface area contributed by atoms with Crippen molar-refractivity contribution in [3.63, 3.8) is 0 Å². The van der Waals surface area contributed by atoms with Gasteiger partial charge in [0.05, 0.1) is 10.3 Å². The van der Waals surface area contributed by atoms with Gasteiger partial charge in [0.1, 0.15) is 0 Å². The van der Waals surface area contributed by atoms with Gasteiger partial charge in [0.2, 0.25) is 5.91 Å². The average Bonchev–Trinajstić information content (AvgIpc) is 3.60. The molecule has 5 nitrogen and oxygen atoms in total. The zero-order valence-corrected chi connectivity index (χ0v) is 18.3. The highest BCUT2D eigenvalue weighted by Gasteiger charge is 2.51. The molecule has 1 amide bonds. The second kappa shape index (κ2) is 8.55. The number of amides is 1. The minimum Gasteiger partial charge on any atom is -0.351 e. The largest absolute Gasteiger partial charge is 0.351 e. The Kier molecular flexibility index (Phi) is 5.83. The highest BCUT2D eigenvalue weighted by molar-refractivity contribution is 7.92. The molecule has 4 rings (SSSR count). The summed E-state index contributed by atoms with van der Waals surface area (Å²) in [5, 5.41) is 3.03. The number of rotatable bonds is 8. The van der Waals surface area contributed by atoms with Crippen LogP contribution in [0.5, 0.6) is 0 Å². The maximum absolute atomic E-state index is 12.8. The molecule has 0 heterocycles. The van der Waals surface area contributed by atoms with Crippen LogP contribution in [-0.2, 0) is 33.2 Å². The van der Waals surface area contributed by atoms with Crippen molar-refractivity contribution in [2.75, 3.05) is 4.72 Å². The summed E-state index contributed by atoms with van der Waals surface area (Å²) in [4.78, 5) is 13.1. The number of carbonyl (C=O) groups excluding carboxylic acids is 1. The number of benzene rings is 3. The van der Waals surface area contributed by atoms with Gasteiger partial charge in [-0.1, -0.05) is 61.5 Å². The number of nitrogens with one attached hydrogen (secondary N) is 2. The van der Waals surface area contributed by atoms with Crippen LogP contribution in [0.4, 0.5) is 5.69 Å². The molecule has 1 saturated carbocycles. The molecule has 31 heavy (non-hydrogen) atoms. The Balaban J connectivity index is 1.43. The molecule has 3 aromatic carbocycles. The van der Waals surface area contributed by atoms with Crippen LogP contribution in [0.15, 0.2) is 83.8 Å². The van der Waals surface area contributed by atoms with Gasteiger partial charge in [-0.2, -0.15) is 0 Å². The Morgan fingerprint density at radius 3 is 2.10 bits per heavy atom. The van der Waals surface area contributed by atoms with Gasteiger partial charge in [-0.15, -0.1) is 0 Å². The van der Waals surface area contributed by atoms with Crippen LogP contribution < -0.4 is 10.0 Å². The Morgan fingerprint density at radius 2 is 1.52 bits per heavy atom. The molecule has 0 aliphatic heterocycles. The summed E-state index contributed by atoms with van der Waals surface area (Å²) in [6.45, 7) is 2.52. The van der Waals surface area contributed by atoms with Gasteiger partial charge >= 0.3 is 0 Å². The normalized spacial score (nSPS) is 14.6. The number of hydrogen-bond donors (Lipinski definition) is 2. The summed E-state index contributed by atoms with van der Waals surface area (Å²) < 4.78 is 27.9. The third kappa shape index (κ3) is 4.64. The summed E-state index contributed by atoms with van der Waals surface area (Å²) in [6, 6.07) is 23.8. The molecule has 0 saturated heterocycles. The second-order valence-electron chi connectivity index (χ2n) is 7.93.